The molecule has 18 heavy (non-hydrogen) atoms. The molecule has 0 bridgehead atoms. The highest BCUT2D eigenvalue weighted by Gasteiger charge is 2.19. The maximum absolute atomic E-state index is 12.2. The lowest BCUT2D eigenvalue weighted by Gasteiger charge is -2.13. The fraction of sp³-hybridized carbons (Fsp3) is 0.333. The van der Waals surface area contributed by atoms with Crippen LogP contribution >= 0.6 is 15.9 Å². The molecule has 5 nitrogen and oxygen atoms in total. The molecule has 6 heteroatoms. The number of hydrogen-bond donors (Lipinski definition) is 0. The van der Waals surface area contributed by atoms with Crippen molar-refractivity contribution in [2.75, 3.05) is 0 Å². The molecule has 1 aromatic heterocycles. The van der Waals surface area contributed by atoms with E-state index < -0.39 is 0 Å². The van der Waals surface area contributed by atoms with E-state index in [-0.39, 0.29) is 11.4 Å². The molecule has 0 N–H and O–H groups in total. The Kier molecular flexibility index (Phi) is 2.74. The van der Waals surface area contributed by atoms with Gasteiger partial charge in [-0.25, -0.2) is 23.5 Å². The van der Waals surface area contributed by atoms with E-state index in [1.807, 2.05) is 12.1 Å². The second-order valence-corrected chi connectivity index (χ2v) is 5.25. The third-order valence-corrected chi connectivity index (χ3v) is 3.67. The van der Waals surface area contributed by atoms with E-state index in [2.05, 4.69) is 15.9 Å². The van der Waals surface area contributed by atoms with Crippen LogP contribution in [0, 0.1) is 0 Å². The number of nitrogens with zero attached hydrogens (tertiary/aromatic N) is 3. The van der Waals surface area contributed by atoms with Gasteiger partial charge < -0.3 is 0 Å². The van der Waals surface area contributed by atoms with Crippen molar-refractivity contribution in [3.63, 3.8) is 0 Å². The number of benzene rings is 1. The first kappa shape index (κ1) is 11.5. The molecule has 0 fully saturated rings. The first-order valence-corrected chi connectivity index (χ1v) is 6.66. The Bertz CT molecular complexity index is 673. The summed E-state index contributed by atoms with van der Waals surface area (Å²) in [6.07, 6.45) is 1.89. The Morgan fingerprint density at radius 2 is 1.61 bits per heavy atom. The van der Waals surface area contributed by atoms with Gasteiger partial charge in [-0.05, 0) is 31.0 Å². The minimum absolute atomic E-state index is 0.252. The summed E-state index contributed by atoms with van der Waals surface area (Å²) < 4.78 is 5.15. The zero-order valence-electron chi connectivity index (χ0n) is 9.67. The van der Waals surface area contributed by atoms with E-state index in [0.717, 1.165) is 17.3 Å². The second-order valence-electron chi connectivity index (χ2n) is 4.33. The van der Waals surface area contributed by atoms with Crippen molar-refractivity contribution in [1.82, 2.24) is 13.9 Å². The van der Waals surface area contributed by atoms with Gasteiger partial charge in [-0.15, -0.1) is 0 Å². The van der Waals surface area contributed by atoms with Crippen molar-refractivity contribution in [3.05, 3.63) is 49.7 Å². The summed E-state index contributed by atoms with van der Waals surface area (Å²) >= 11 is 3.35. The number of fused-ring (bicyclic) bond motifs is 1. The van der Waals surface area contributed by atoms with E-state index >= 15 is 0 Å². The van der Waals surface area contributed by atoms with Crippen LogP contribution in [0.5, 0.6) is 0 Å². The van der Waals surface area contributed by atoms with Gasteiger partial charge in [0.15, 0.2) is 0 Å². The lowest BCUT2D eigenvalue weighted by Crippen LogP contribution is -2.30. The SMILES string of the molecule is O=c1n(-c2cccc(Br)c2)c(=O)n2n1CCCC2. The van der Waals surface area contributed by atoms with Gasteiger partial charge in [-0.2, -0.15) is 0 Å². The highest BCUT2D eigenvalue weighted by atomic mass is 79.9. The zero-order valence-corrected chi connectivity index (χ0v) is 11.3. The standard InChI is InChI=1S/C12H12BrN3O2/c13-9-4-3-5-10(8-9)16-11(17)14-6-1-2-7-15(14)12(16)18/h3-5,8H,1-2,6-7H2. The number of aromatic nitrogens is 3. The molecule has 0 aliphatic carbocycles. The van der Waals surface area contributed by atoms with Crippen LogP contribution in [0.15, 0.2) is 38.3 Å². The van der Waals surface area contributed by atoms with E-state index in [1.54, 1.807) is 12.1 Å². The number of hydrogen-bond acceptors (Lipinski definition) is 2. The maximum Gasteiger partial charge on any atom is 0.351 e. The van der Waals surface area contributed by atoms with Crippen LogP contribution < -0.4 is 11.4 Å². The molecule has 0 unspecified atom stereocenters. The van der Waals surface area contributed by atoms with Gasteiger partial charge in [0.1, 0.15) is 0 Å². The van der Waals surface area contributed by atoms with Gasteiger partial charge in [-0.1, -0.05) is 22.0 Å². The van der Waals surface area contributed by atoms with E-state index in [9.17, 15) is 9.59 Å². The lowest BCUT2D eigenvalue weighted by molar-refractivity contribution is 0.348. The Morgan fingerprint density at radius 1 is 1.00 bits per heavy atom. The molecule has 1 aliphatic rings. The van der Waals surface area contributed by atoms with Crippen molar-refractivity contribution >= 4 is 15.9 Å². The topological polar surface area (TPSA) is 48.9 Å². The van der Waals surface area contributed by atoms with Gasteiger partial charge in [0.2, 0.25) is 0 Å². The van der Waals surface area contributed by atoms with Crippen LogP contribution in [0.4, 0.5) is 0 Å². The monoisotopic (exact) mass is 309 g/mol. The van der Waals surface area contributed by atoms with Gasteiger partial charge in [0.05, 0.1) is 5.69 Å². The quantitative estimate of drug-likeness (QED) is 0.798. The summed E-state index contributed by atoms with van der Waals surface area (Å²) in [5, 5.41) is 0. The van der Waals surface area contributed by atoms with Crippen molar-refractivity contribution in [1.29, 1.82) is 0 Å². The van der Waals surface area contributed by atoms with Crippen molar-refractivity contribution in [2.45, 2.75) is 25.9 Å². The summed E-state index contributed by atoms with van der Waals surface area (Å²) in [5.74, 6) is 0. The van der Waals surface area contributed by atoms with Gasteiger partial charge in [0.25, 0.3) is 0 Å². The van der Waals surface area contributed by atoms with Crippen LogP contribution in [0.3, 0.4) is 0 Å². The molecular formula is C12H12BrN3O2. The molecular weight excluding hydrogens is 298 g/mol. The van der Waals surface area contributed by atoms with E-state index in [1.165, 1.54) is 13.9 Å². The summed E-state index contributed by atoms with van der Waals surface area (Å²) in [6.45, 7) is 1.24. The average molecular weight is 310 g/mol. The van der Waals surface area contributed by atoms with Crippen LogP contribution in [-0.4, -0.2) is 13.9 Å². The molecule has 1 aliphatic heterocycles. The lowest BCUT2D eigenvalue weighted by atomic mass is 10.3. The van der Waals surface area contributed by atoms with Gasteiger partial charge in [-0.3, -0.25) is 0 Å². The summed E-state index contributed by atoms with van der Waals surface area (Å²) in [7, 11) is 0. The van der Waals surface area contributed by atoms with Crippen molar-refractivity contribution in [3.8, 4) is 5.69 Å². The molecule has 94 valence electrons. The first-order chi connectivity index (χ1) is 8.68. The number of rotatable bonds is 1. The molecule has 2 heterocycles. The smallest absolute Gasteiger partial charge is 0.246 e. The fourth-order valence-corrected chi connectivity index (χ4v) is 2.70. The molecule has 1 aromatic carbocycles. The van der Waals surface area contributed by atoms with Crippen LogP contribution in [-0.2, 0) is 13.1 Å². The first-order valence-electron chi connectivity index (χ1n) is 5.87. The van der Waals surface area contributed by atoms with Crippen LogP contribution in [0.2, 0.25) is 0 Å². The van der Waals surface area contributed by atoms with Gasteiger partial charge in [0, 0.05) is 17.6 Å². The van der Waals surface area contributed by atoms with Crippen LogP contribution in [0.1, 0.15) is 12.8 Å². The largest absolute Gasteiger partial charge is 0.351 e. The Morgan fingerprint density at radius 3 is 2.17 bits per heavy atom. The van der Waals surface area contributed by atoms with E-state index in [4.69, 9.17) is 0 Å². The summed E-state index contributed by atoms with van der Waals surface area (Å²) in [4.78, 5) is 24.5. The van der Waals surface area contributed by atoms with Crippen LogP contribution in [0.25, 0.3) is 5.69 Å². The summed E-state index contributed by atoms with van der Waals surface area (Å²) in [5.41, 5.74) is 0.101. The average Bonchev–Trinajstić information content (AvgIpc) is 2.63. The Hall–Kier alpha value is -1.56. The highest BCUT2D eigenvalue weighted by molar-refractivity contribution is 9.10. The minimum atomic E-state index is -0.252. The fourth-order valence-electron chi connectivity index (χ4n) is 2.31. The summed E-state index contributed by atoms with van der Waals surface area (Å²) in [6, 6.07) is 7.21. The normalized spacial score (nSPS) is 14.5. The molecule has 0 saturated heterocycles. The molecule has 0 amide bonds. The molecule has 3 rings (SSSR count). The molecule has 0 radical (unpaired) electrons. The predicted molar refractivity (Wildman–Crippen MR) is 71.2 cm³/mol. The molecule has 0 saturated carbocycles. The van der Waals surface area contributed by atoms with E-state index in [0.29, 0.717) is 18.8 Å². The molecule has 0 atom stereocenters. The Balaban J connectivity index is 2.28. The zero-order chi connectivity index (χ0) is 12.7. The van der Waals surface area contributed by atoms with Crippen molar-refractivity contribution < 1.29 is 0 Å². The highest BCUT2D eigenvalue weighted by Crippen LogP contribution is 2.13. The molecule has 0 spiro atoms. The van der Waals surface area contributed by atoms with Crippen molar-refractivity contribution in [2.24, 2.45) is 0 Å². The third kappa shape index (κ3) is 1.68. The Labute approximate surface area is 111 Å². The maximum atomic E-state index is 12.2. The van der Waals surface area contributed by atoms with Gasteiger partial charge >= 0.3 is 11.4 Å². The minimum Gasteiger partial charge on any atom is -0.246 e. The second kappa shape index (κ2) is 4.28. The predicted octanol–water partition coefficient (Wildman–Crippen LogP) is 1.36. The number of halogens is 1. The third-order valence-electron chi connectivity index (χ3n) is 3.17. The molecule has 2 aromatic rings.